The van der Waals surface area contributed by atoms with Gasteiger partial charge in [0.05, 0.1) is 19.1 Å². The number of hydrogen-bond acceptors (Lipinski definition) is 5. The molecule has 0 heterocycles. The zero-order valence-corrected chi connectivity index (χ0v) is 10.9. The summed E-state index contributed by atoms with van der Waals surface area (Å²) in [4.78, 5) is 28.9. The van der Waals surface area contributed by atoms with Gasteiger partial charge in [0.1, 0.15) is 0 Å². The second-order valence-corrected chi connectivity index (χ2v) is 2.41. The predicted octanol–water partition coefficient (Wildman–Crippen LogP) is 1.57. The molecule has 0 aromatic rings. The smallest absolute Gasteiger partial charge is 0.328 e. The summed E-state index contributed by atoms with van der Waals surface area (Å²) in [6.07, 6.45) is 3.65. The normalized spacial score (nSPS) is 7.89. The lowest BCUT2D eigenvalue weighted by Gasteiger charge is -1.84. The standard InChI is InChI=1S/C4H4O4.C4H6O2.C4H8O/c5-3(6)1-2-4(7)8;1-3-6-4(2)5;1-3-5-4-2/h1-2H,(H,5,6)(H,7,8);3H,1H2,2H3;3H,1,4H2,2H3. The summed E-state index contributed by atoms with van der Waals surface area (Å²) in [7, 11) is 0. The Kier molecular flexibility index (Phi) is 20.3. The molecule has 0 atom stereocenters. The van der Waals surface area contributed by atoms with Gasteiger partial charge in [-0.15, -0.1) is 0 Å². The monoisotopic (exact) mass is 274 g/mol. The van der Waals surface area contributed by atoms with Crippen LogP contribution in [0.5, 0.6) is 0 Å². The minimum atomic E-state index is -1.26. The van der Waals surface area contributed by atoms with Crippen molar-refractivity contribution in [2.45, 2.75) is 13.8 Å². The van der Waals surface area contributed by atoms with E-state index in [4.69, 9.17) is 10.2 Å². The number of carboxylic acid groups (broad SMARTS) is 2. The molecule has 0 saturated carbocycles. The van der Waals surface area contributed by atoms with Gasteiger partial charge in [0.25, 0.3) is 0 Å². The molecular formula is C12H18O7. The number of carbonyl (C=O) groups excluding carboxylic acids is 1. The Balaban J connectivity index is -0.000000209. The zero-order chi connectivity index (χ0) is 15.7. The lowest BCUT2D eigenvalue weighted by atomic mass is 10.5. The molecule has 0 aromatic carbocycles. The quantitative estimate of drug-likeness (QED) is 0.444. The third kappa shape index (κ3) is 50.4. The van der Waals surface area contributed by atoms with Crippen LogP contribution in [0.15, 0.2) is 37.8 Å². The maximum atomic E-state index is 9.75. The van der Waals surface area contributed by atoms with E-state index >= 15 is 0 Å². The SMILES string of the molecule is C=COC(C)=O.C=COCC.O=C(O)C=CC(=O)O. The number of aliphatic carboxylic acids is 2. The van der Waals surface area contributed by atoms with Gasteiger partial charge in [-0.05, 0) is 6.92 Å². The highest BCUT2D eigenvalue weighted by Crippen LogP contribution is 1.71. The molecule has 0 unspecified atom stereocenters. The fourth-order valence-corrected chi connectivity index (χ4v) is 0.378. The van der Waals surface area contributed by atoms with E-state index in [-0.39, 0.29) is 5.97 Å². The van der Waals surface area contributed by atoms with Gasteiger partial charge in [-0.2, -0.15) is 0 Å². The molecular weight excluding hydrogens is 256 g/mol. The first-order chi connectivity index (χ1) is 8.81. The summed E-state index contributed by atoms with van der Waals surface area (Å²) in [5.74, 6) is -2.84. The van der Waals surface area contributed by atoms with Crippen molar-refractivity contribution in [1.29, 1.82) is 0 Å². The van der Waals surface area contributed by atoms with Crippen molar-refractivity contribution in [2.24, 2.45) is 0 Å². The van der Waals surface area contributed by atoms with E-state index in [2.05, 4.69) is 22.6 Å². The number of ether oxygens (including phenoxy) is 2. The molecule has 2 N–H and O–H groups in total. The van der Waals surface area contributed by atoms with Crippen LogP contribution in [0.25, 0.3) is 0 Å². The Morgan fingerprint density at radius 1 is 1.05 bits per heavy atom. The van der Waals surface area contributed by atoms with Gasteiger partial charge in [-0.1, -0.05) is 13.2 Å². The number of esters is 1. The van der Waals surface area contributed by atoms with Gasteiger partial charge in [-0.3, -0.25) is 4.79 Å². The number of hydrogen-bond donors (Lipinski definition) is 2. The summed E-state index contributed by atoms with van der Waals surface area (Å²) in [5, 5.41) is 15.6. The molecule has 0 spiro atoms. The van der Waals surface area contributed by atoms with E-state index in [9.17, 15) is 14.4 Å². The van der Waals surface area contributed by atoms with Crippen molar-refractivity contribution < 1.29 is 34.1 Å². The molecule has 19 heavy (non-hydrogen) atoms. The molecule has 0 aliphatic rings. The first kappa shape index (κ1) is 21.7. The minimum Gasteiger partial charge on any atom is -0.502 e. The van der Waals surface area contributed by atoms with Crippen LogP contribution in [0.3, 0.4) is 0 Å². The number of rotatable bonds is 5. The Morgan fingerprint density at radius 2 is 1.47 bits per heavy atom. The number of carbonyl (C=O) groups is 3. The fraction of sp³-hybridized carbons (Fsp3) is 0.250. The highest BCUT2D eigenvalue weighted by Gasteiger charge is 1.88. The maximum absolute atomic E-state index is 9.75. The lowest BCUT2D eigenvalue weighted by Crippen LogP contribution is -1.91. The van der Waals surface area contributed by atoms with Crippen molar-refractivity contribution in [3.8, 4) is 0 Å². The van der Waals surface area contributed by atoms with Crippen LogP contribution in [0.2, 0.25) is 0 Å². The second-order valence-electron chi connectivity index (χ2n) is 2.41. The minimum absolute atomic E-state index is 0.329. The van der Waals surface area contributed by atoms with Crippen molar-refractivity contribution in [3.05, 3.63) is 37.8 Å². The Hall–Kier alpha value is -2.57. The van der Waals surface area contributed by atoms with Crippen molar-refractivity contribution >= 4 is 17.9 Å². The Bertz CT molecular complexity index is 302. The van der Waals surface area contributed by atoms with Gasteiger partial charge >= 0.3 is 17.9 Å². The van der Waals surface area contributed by atoms with Gasteiger partial charge < -0.3 is 19.7 Å². The molecule has 0 radical (unpaired) electrons. The molecule has 0 saturated heterocycles. The first-order valence-corrected chi connectivity index (χ1v) is 4.96. The van der Waals surface area contributed by atoms with Crippen molar-refractivity contribution in [1.82, 2.24) is 0 Å². The molecule has 0 fully saturated rings. The summed E-state index contributed by atoms with van der Waals surface area (Å²) in [6, 6.07) is 0. The van der Waals surface area contributed by atoms with Crippen molar-refractivity contribution in [3.63, 3.8) is 0 Å². The highest BCUT2D eigenvalue weighted by atomic mass is 16.5. The van der Waals surface area contributed by atoms with Crippen LogP contribution in [0, 0.1) is 0 Å². The van der Waals surface area contributed by atoms with Crippen molar-refractivity contribution in [2.75, 3.05) is 6.61 Å². The fourth-order valence-electron chi connectivity index (χ4n) is 0.378. The van der Waals surface area contributed by atoms with E-state index in [1.165, 1.54) is 13.2 Å². The van der Waals surface area contributed by atoms with Gasteiger partial charge in [0.2, 0.25) is 0 Å². The molecule has 108 valence electrons. The molecule has 0 rings (SSSR count). The molecule has 0 amide bonds. The second kappa shape index (κ2) is 17.8. The third-order valence-corrected chi connectivity index (χ3v) is 0.902. The van der Waals surface area contributed by atoms with E-state index < -0.39 is 11.9 Å². The molecule has 7 nitrogen and oxygen atoms in total. The largest absolute Gasteiger partial charge is 0.502 e. The average molecular weight is 274 g/mol. The molecule has 7 heteroatoms. The third-order valence-electron chi connectivity index (χ3n) is 0.902. The van der Waals surface area contributed by atoms with Crippen LogP contribution in [0.1, 0.15) is 13.8 Å². The van der Waals surface area contributed by atoms with E-state index in [0.29, 0.717) is 12.2 Å². The van der Waals surface area contributed by atoms with Gasteiger partial charge in [0.15, 0.2) is 0 Å². The van der Waals surface area contributed by atoms with Crippen LogP contribution in [-0.4, -0.2) is 34.7 Å². The first-order valence-electron chi connectivity index (χ1n) is 4.96. The predicted molar refractivity (Wildman–Crippen MR) is 68.2 cm³/mol. The topological polar surface area (TPSA) is 110 Å². The average Bonchev–Trinajstić information content (AvgIpc) is 2.29. The highest BCUT2D eigenvalue weighted by molar-refractivity contribution is 5.89. The zero-order valence-electron chi connectivity index (χ0n) is 10.9. The number of carboxylic acids is 2. The Labute approximate surface area is 111 Å². The molecule has 0 aliphatic heterocycles. The van der Waals surface area contributed by atoms with E-state index in [0.717, 1.165) is 12.9 Å². The maximum Gasteiger partial charge on any atom is 0.328 e. The van der Waals surface area contributed by atoms with Gasteiger partial charge in [-0.25, -0.2) is 9.59 Å². The summed E-state index contributed by atoms with van der Waals surface area (Å²) in [6.45, 7) is 10.5. The summed E-state index contributed by atoms with van der Waals surface area (Å²) < 4.78 is 8.76. The molecule has 0 aromatic heterocycles. The van der Waals surface area contributed by atoms with E-state index in [1.807, 2.05) is 6.92 Å². The van der Waals surface area contributed by atoms with Crippen LogP contribution >= 0.6 is 0 Å². The van der Waals surface area contributed by atoms with Gasteiger partial charge in [0, 0.05) is 19.1 Å². The van der Waals surface area contributed by atoms with Crippen LogP contribution in [-0.2, 0) is 23.9 Å². The van der Waals surface area contributed by atoms with E-state index in [1.54, 1.807) is 0 Å². The molecule has 0 bridgehead atoms. The summed E-state index contributed by atoms with van der Waals surface area (Å²) in [5.41, 5.74) is 0. The van der Waals surface area contributed by atoms with Crippen LogP contribution < -0.4 is 0 Å². The lowest BCUT2D eigenvalue weighted by molar-refractivity contribution is -0.135. The summed E-state index contributed by atoms with van der Waals surface area (Å²) >= 11 is 0. The Morgan fingerprint density at radius 3 is 1.53 bits per heavy atom. The molecule has 0 aliphatic carbocycles. The van der Waals surface area contributed by atoms with Crippen LogP contribution in [0.4, 0.5) is 0 Å².